The number of benzene rings is 1. The van der Waals surface area contributed by atoms with Crippen LogP contribution in [-0.2, 0) is 12.7 Å². The third kappa shape index (κ3) is 5.21. The fourth-order valence-corrected chi connectivity index (χ4v) is 3.55. The first kappa shape index (κ1) is 19.3. The van der Waals surface area contributed by atoms with Crippen LogP contribution in [0.1, 0.15) is 50.7 Å². The molecule has 0 radical (unpaired) electrons. The van der Waals surface area contributed by atoms with Gasteiger partial charge in [0.1, 0.15) is 0 Å². The van der Waals surface area contributed by atoms with Crippen molar-refractivity contribution in [2.45, 2.75) is 58.3 Å². The second-order valence-electron chi connectivity index (χ2n) is 6.75. The summed E-state index contributed by atoms with van der Waals surface area (Å²) in [7, 11) is 0. The molecule has 1 N–H and O–H groups in total. The topological polar surface area (TPSA) is 15.3 Å². The monoisotopic (exact) mass is 342 g/mol. The van der Waals surface area contributed by atoms with Gasteiger partial charge in [0.2, 0.25) is 0 Å². The van der Waals surface area contributed by atoms with E-state index >= 15 is 0 Å². The Morgan fingerprint density at radius 2 is 1.75 bits per heavy atom. The van der Waals surface area contributed by atoms with Gasteiger partial charge in [-0.3, -0.25) is 4.90 Å². The molecule has 0 saturated carbocycles. The van der Waals surface area contributed by atoms with Crippen LogP contribution in [0.15, 0.2) is 24.3 Å². The number of hydrogen-bond acceptors (Lipinski definition) is 2. The van der Waals surface area contributed by atoms with Crippen LogP contribution in [-0.4, -0.2) is 30.6 Å². The van der Waals surface area contributed by atoms with Crippen molar-refractivity contribution in [3.8, 4) is 0 Å². The fourth-order valence-electron chi connectivity index (χ4n) is 3.55. The van der Waals surface area contributed by atoms with Crippen LogP contribution in [0.25, 0.3) is 0 Å². The maximum absolute atomic E-state index is 13.3. The predicted octanol–water partition coefficient (Wildman–Crippen LogP) is 4.70. The third-order valence-electron chi connectivity index (χ3n) is 5.17. The quantitative estimate of drug-likeness (QED) is 0.773. The Hall–Kier alpha value is -1.07. The van der Waals surface area contributed by atoms with E-state index in [2.05, 4.69) is 24.1 Å². The van der Waals surface area contributed by atoms with Gasteiger partial charge in [0.25, 0.3) is 0 Å². The van der Waals surface area contributed by atoms with Gasteiger partial charge in [-0.05, 0) is 43.5 Å². The van der Waals surface area contributed by atoms with Crippen molar-refractivity contribution in [2.24, 2.45) is 5.92 Å². The highest BCUT2D eigenvalue weighted by atomic mass is 19.4. The van der Waals surface area contributed by atoms with Crippen molar-refractivity contribution < 1.29 is 13.2 Å². The lowest BCUT2D eigenvalue weighted by atomic mass is 9.97. The molecule has 24 heavy (non-hydrogen) atoms. The normalized spacial score (nSPS) is 17.0. The Balaban J connectivity index is 2.21. The molecular formula is C19H29F3N2. The van der Waals surface area contributed by atoms with Crippen molar-refractivity contribution >= 4 is 0 Å². The molecule has 1 aromatic carbocycles. The van der Waals surface area contributed by atoms with Gasteiger partial charge in [0.15, 0.2) is 0 Å². The van der Waals surface area contributed by atoms with E-state index in [1.54, 1.807) is 12.1 Å². The van der Waals surface area contributed by atoms with Gasteiger partial charge in [-0.15, -0.1) is 0 Å². The van der Waals surface area contributed by atoms with Crippen LogP contribution >= 0.6 is 0 Å². The summed E-state index contributed by atoms with van der Waals surface area (Å²) in [6.45, 7) is 7.49. The molecule has 136 valence electrons. The summed E-state index contributed by atoms with van der Waals surface area (Å²) in [5, 5.41) is 3.34. The minimum Gasteiger partial charge on any atom is -0.317 e. The van der Waals surface area contributed by atoms with E-state index in [-0.39, 0.29) is 0 Å². The Bertz CT molecular complexity index is 492. The van der Waals surface area contributed by atoms with Crippen molar-refractivity contribution in [1.29, 1.82) is 0 Å². The van der Waals surface area contributed by atoms with E-state index in [0.717, 1.165) is 45.3 Å². The lowest BCUT2D eigenvalue weighted by molar-refractivity contribution is -0.138. The zero-order valence-electron chi connectivity index (χ0n) is 14.7. The molecule has 0 amide bonds. The second kappa shape index (κ2) is 8.86. The maximum atomic E-state index is 13.3. The van der Waals surface area contributed by atoms with Crippen molar-refractivity contribution in [2.75, 3.05) is 19.6 Å². The predicted molar refractivity (Wildman–Crippen MR) is 91.8 cm³/mol. The highest BCUT2D eigenvalue weighted by Crippen LogP contribution is 2.33. The fraction of sp³-hybridized carbons (Fsp3) is 0.684. The van der Waals surface area contributed by atoms with Gasteiger partial charge < -0.3 is 5.32 Å². The summed E-state index contributed by atoms with van der Waals surface area (Å²) in [6.07, 6.45) is -0.133. The van der Waals surface area contributed by atoms with E-state index in [0.29, 0.717) is 24.1 Å². The molecule has 1 saturated heterocycles. The van der Waals surface area contributed by atoms with E-state index in [4.69, 9.17) is 0 Å². The van der Waals surface area contributed by atoms with E-state index in [9.17, 15) is 13.2 Å². The number of alkyl halides is 3. The summed E-state index contributed by atoms with van der Waals surface area (Å²) in [6, 6.07) is 6.38. The van der Waals surface area contributed by atoms with E-state index in [1.165, 1.54) is 12.1 Å². The van der Waals surface area contributed by atoms with Gasteiger partial charge in [0.05, 0.1) is 5.56 Å². The van der Waals surface area contributed by atoms with Gasteiger partial charge in [-0.2, -0.15) is 13.2 Å². The van der Waals surface area contributed by atoms with Gasteiger partial charge >= 0.3 is 6.18 Å². The largest absolute Gasteiger partial charge is 0.416 e. The molecular weight excluding hydrogens is 313 g/mol. The number of nitrogens with one attached hydrogen (secondary N) is 1. The molecule has 1 heterocycles. The van der Waals surface area contributed by atoms with Crippen LogP contribution in [0.2, 0.25) is 0 Å². The molecule has 5 heteroatoms. The smallest absolute Gasteiger partial charge is 0.317 e. The minimum absolute atomic E-state index is 0.369. The molecule has 1 aliphatic heterocycles. The van der Waals surface area contributed by atoms with Gasteiger partial charge in [0, 0.05) is 19.1 Å². The van der Waals surface area contributed by atoms with Crippen molar-refractivity contribution in [3.63, 3.8) is 0 Å². The van der Waals surface area contributed by atoms with Gasteiger partial charge in [-0.25, -0.2) is 0 Å². The number of piperidine rings is 1. The van der Waals surface area contributed by atoms with Crippen LogP contribution in [0.4, 0.5) is 13.2 Å². The van der Waals surface area contributed by atoms with Crippen molar-refractivity contribution in [3.05, 3.63) is 35.4 Å². The number of nitrogens with zero attached hydrogens (tertiary/aromatic N) is 1. The molecule has 0 aliphatic carbocycles. The summed E-state index contributed by atoms with van der Waals surface area (Å²) < 4.78 is 39.9. The molecule has 1 aliphatic rings. The zero-order valence-corrected chi connectivity index (χ0v) is 14.7. The highest BCUT2D eigenvalue weighted by molar-refractivity contribution is 5.29. The summed E-state index contributed by atoms with van der Waals surface area (Å²) in [5.74, 6) is 0.540. The lowest BCUT2D eigenvalue weighted by Gasteiger charge is -2.37. The first-order valence-electron chi connectivity index (χ1n) is 9.05. The molecule has 2 nitrogen and oxygen atoms in total. The SMILES string of the molecule is CCC(CC)CN(Cc1ccccc1C(F)(F)F)C1CCNCC1. The van der Waals surface area contributed by atoms with Crippen molar-refractivity contribution in [1.82, 2.24) is 10.2 Å². The Labute approximate surface area is 143 Å². The maximum Gasteiger partial charge on any atom is 0.416 e. The molecule has 0 bridgehead atoms. The standard InChI is InChI=1S/C19H29F3N2/c1-3-15(4-2)13-24(17-9-11-23-12-10-17)14-16-7-5-6-8-18(16)19(20,21)22/h5-8,15,17,23H,3-4,9-14H2,1-2H3. The Kier molecular flexibility index (Phi) is 7.11. The molecule has 0 atom stereocenters. The second-order valence-corrected chi connectivity index (χ2v) is 6.75. The first-order chi connectivity index (χ1) is 11.5. The van der Waals surface area contributed by atoms with Crippen LogP contribution in [0, 0.1) is 5.92 Å². The van der Waals surface area contributed by atoms with Crippen LogP contribution in [0.3, 0.4) is 0 Å². The number of hydrogen-bond donors (Lipinski definition) is 1. The zero-order chi connectivity index (χ0) is 17.6. The average Bonchev–Trinajstić information content (AvgIpc) is 2.59. The molecule has 2 rings (SSSR count). The van der Waals surface area contributed by atoms with Crippen LogP contribution < -0.4 is 5.32 Å². The first-order valence-corrected chi connectivity index (χ1v) is 9.05. The van der Waals surface area contributed by atoms with Crippen LogP contribution in [0.5, 0.6) is 0 Å². The average molecular weight is 342 g/mol. The Morgan fingerprint density at radius 1 is 1.12 bits per heavy atom. The molecule has 0 spiro atoms. The highest BCUT2D eigenvalue weighted by Gasteiger charge is 2.34. The van der Waals surface area contributed by atoms with E-state index in [1.807, 2.05) is 0 Å². The molecule has 0 aromatic heterocycles. The molecule has 0 unspecified atom stereocenters. The molecule has 1 aromatic rings. The summed E-state index contributed by atoms with van der Waals surface area (Å²) in [5.41, 5.74) is -0.0945. The van der Waals surface area contributed by atoms with E-state index < -0.39 is 11.7 Å². The lowest BCUT2D eigenvalue weighted by Crippen LogP contribution is -2.44. The summed E-state index contributed by atoms with van der Waals surface area (Å²) >= 11 is 0. The Morgan fingerprint density at radius 3 is 2.33 bits per heavy atom. The minimum atomic E-state index is -4.29. The van der Waals surface area contributed by atoms with Gasteiger partial charge in [-0.1, -0.05) is 44.9 Å². The third-order valence-corrected chi connectivity index (χ3v) is 5.17. The molecule has 1 fully saturated rings. The summed E-state index contributed by atoms with van der Waals surface area (Å²) in [4.78, 5) is 2.29. The number of halogens is 3. The number of rotatable bonds is 7.